The monoisotopic (exact) mass is 538 g/mol. The molecule has 0 unspecified atom stereocenters. The third-order valence-electron chi connectivity index (χ3n) is 6.19. The highest BCUT2D eigenvalue weighted by Crippen LogP contribution is 2.27. The van der Waals surface area contributed by atoms with E-state index in [1.807, 2.05) is 38.6 Å². The van der Waals surface area contributed by atoms with E-state index < -0.39 is 30.7 Å². The van der Waals surface area contributed by atoms with Crippen molar-refractivity contribution in [2.24, 2.45) is 0 Å². The lowest BCUT2D eigenvalue weighted by atomic mass is 9.98. The van der Waals surface area contributed by atoms with Crippen LogP contribution in [0.3, 0.4) is 0 Å². The predicted octanol–water partition coefficient (Wildman–Crippen LogP) is -5.70. The first kappa shape index (κ1) is 31.8. The summed E-state index contributed by atoms with van der Waals surface area (Å²) in [5.74, 6) is 2.23. The topological polar surface area (TPSA) is 117 Å². The SMILES string of the molecule is CO[C@H]1O[C@H](CO)[C@@H](O)[C@H](OCCCC[n+]2cc[nH]c2C)[C@H]1OCCCC[n+]1cc[nH]c1C.[Cl-].[Cl-]. The molecule has 2 aromatic heterocycles. The second-order valence-electron chi connectivity index (χ2n) is 8.51. The van der Waals surface area contributed by atoms with Crippen LogP contribution in [0.25, 0.3) is 0 Å². The van der Waals surface area contributed by atoms with Gasteiger partial charge in [-0.1, -0.05) is 0 Å². The second kappa shape index (κ2) is 16.5. The Morgan fingerprint density at radius 3 is 1.83 bits per heavy atom. The largest absolute Gasteiger partial charge is 1.00 e. The summed E-state index contributed by atoms with van der Waals surface area (Å²) < 4.78 is 27.7. The fourth-order valence-electron chi connectivity index (χ4n) is 4.18. The van der Waals surface area contributed by atoms with Crippen molar-refractivity contribution >= 4 is 0 Å². The molecule has 1 aliphatic heterocycles. The minimum absolute atomic E-state index is 0. The molecule has 0 aliphatic carbocycles. The molecule has 4 N–H and O–H groups in total. The minimum atomic E-state index is -0.995. The first-order valence-electron chi connectivity index (χ1n) is 11.8. The molecule has 0 aromatic carbocycles. The van der Waals surface area contributed by atoms with Crippen LogP contribution in [0.2, 0.25) is 0 Å². The van der Waals surface area contributed by atoms with Crippen molar-refractivity contribution in [1.29, 1.82) is 0 Å². The fourth-order valence-corrected chi connectivity index (χ4v) is 4.18. The molecule has 0 spiro atoms. The van der Waals surface area contributed by atoms with Gasteiger partial charge in [-0.25, -0.2) is 19.1 Å². The average Bonchev–Trinajstić information content (AvgIpc) is 3.42. The molecule has 1 aliphatic rings. The number of aliphatic hydroxyl groups is 2. The summed E-state index contributed by atoms with van der Waals surface area (Å²) in [5, 5.41) is 20.4. The van der Waals surface area contributed by atoms with Crippen molar-refractivity contribution in [2.45, 2.75) is 83.3 Å². The molecule has 202 valence electrons. The van der Waals surface area contributed by atoms with Crippen LogP contribution < -0.4 is 33.9 Å². The highest BCUT2D eigenvalue weighted by atomic mass is 35.5. The zero-order chi connectivity index (χ0) is 23.6. The third kappa shape index (κ3) is 8.98. The van der Waals surface area contributed by atoms with Crippen LogP contribution in [0.4, 0.5) is 0 Å². The number of aliphatic hydroxyl groups excluding tert-OH is 2. The van der Waals surface area contributed by atoms with Crippen LogP contribution in [-0.2, 0) is 32.0 Å². The number of imidazole rings is 2. The molecule has 0 radical (unpaired) electrons. The van der Waals surface area contributed by atoms with Crippen LogP contribution in [0.15, 0.2) is 24.8 Å². The molecule has 0 saturated carbocycles. The maximum atomic E-state index is 10.8. The number of hydrogen-bond donors (Lipinski definition) is 4. The van der Waals surface area contributed by atoms with Crippen molar-refractivity contribution in [1.82, 2.24) is 9.97 Å². The van der Waals surface area contributed by atoms with Crippen LogP contribution in [0, 0.1) is 13.8 Å². The first-order chi connectivity index (χ1) is 16.0. The Morgan fingerprint density at radius 2 is 1.40 bits per heavy atom. The number of nitrogens with one attached hydrogen (secondary N) is 2. The fraction of sp³-hybridized carbons (Fsp3) is 0.739. The summed E-state index contributed by atoms with van der Waals surface area (Å²) in [6, 6.07) is 0. The van der Waals surface area contributed by atoms with Gasteiger partial charge in [-0.05, 0) is 25.7 Å². The molecule has 0 bridgehead atoms. The summed E-state index contributed by atoms with van der Waals surface area (Å²) in [6.07, 6.45) is 7.79. The number of aryl methyl sites for hydroxylation is 4. The predicted molar refractivity (Wildman–Crippen MR) is 118 cm³/mol. The van der Waals surface area contributed by atoms with Crippen molar-refractivity contribution in [3.8, 4) is 0 Å². The lowest BCUT2D eigenvalue weighted by Gasteiger charge is -2.43. The van der Waals surface area contributed by atoms with Gasteiger partial charge in [0.1, 0.15) is 49.2 Å². The molecule has 0 amide bonds. The number of H-pyrrole nitrogens is 2. The van der Waals surface area contributed by atoms with Gasteiger partial charge in [0.25, 0.3) is 11.6 Å². The normalized spacial score (nSPS) is 24.1. The second-order valence-corrected chi connectivity index (χ2v) is 8.51. The number of rotatable bonds is 14. The van der Waals surface area contributed by atoms with Gasteiger partial charge in [-0.15, -0.1) is 0 Å². The number of aromatic amines is 2. The molecule has 5 atom stereocenters. The maximum absolute atomic E-state index is 10.8. The molecule has 3 heterocycles. The maximum Gasteiger partial charge on any atom is 0.251 e. The van der Waals surface area contributed by atoms with E-state index in [0.717, 1.165) is 50.4 Å². The number of nitrogens with zero attached hydrogens (tertiary/aromatic N) is 2. The Morgan fingerprint density at radius 1 is 0.886 bits per heavy atom. The molecule has 1 fully saturated rings. The smallest absolute Gasteiger partial charge is 0.251 e. The Labute approximate surface area is 219 Å². The van der Waals surface area contributed by atoms with Gasteiger partial charge in [-0.3, -0.25) is 0 Å². The summed E-state index contributed by atoms with van der Waals surface area (Å²) in [7, 11) is 1.53. The van der Waals surface area contributed by atoms with Crippen LogP contribution in [0.5, 0.6) is 0 Å². The Kier molecular flexibility index (Phi) is 15.0. The zero-order valence-electron chi connectivity index (χ0n) is 20.7. The number of aromatic nitrogens is 4. The summed E-state index contributed by atoms with van der Waals surface area (Å²) in [6.45, 7) is 6.54. The highest BCUT2D eigenvalue weighted by molar-refractivity contribution is 4.91. The Balaban J connectivity index is 0.00000306. The molecule has 1 saturated heterocycles. The van der Waals surface area contributed by atoms with Crippen molar-refractivity contribution < 1.29 is 63.1 Å². The minimum Gasteiger partial charge on any atom is -1.00 e. The third-order valence-corrected chi connectivity index (χ3v) is 6.19. The lowest BCUT2D eigenvalue weighted by molar-refractivity contribution is -0.702. The molecule has 10 nitrogen and oxygen atoms in total. The number of unbranched alkanes of at least 4 members (excludes halogenated alkanes) is 2. The molecule has 12 heteroatoms. The highest BCUT2D eigenvalue weighted by Gasteiger charge is 2.46. The van der Waals surface area contributed by atoms with E-state index in [2.05, 4.69) is 19.1 Å². The number of ether oxygens (including phenoxy) is 4. The Hall–Kier alpha value is -1.24. The van der Waals surface area contributed by atoms with Crippen LogP contribution in [0.1, 0.15) is 37.3 Å². The lowest BCUT2D eigenvalue weighted by Crippen LogP contribution is -3.00. The van der Waals surface area contributed by atoms with E-state index in [1.54, 1.807) is 0 Å². The van der Waals surface area contributed by atoms with Gasteiger partial charge in [-0.2, -0.15) is 0 Å². The van der Waals surface area contributed by atoms with E-state index in [1.165, 1.54) is 7.11 Å². The van der Waals surface area contributed by atoms with Crippen molar-refractivity contribution in [3.05, 3.63) is 36.4 Å². The molecule has 2 aromatic rings. The molecular formula is C23H40Cl2N4O6. The van der Waals surface area contributed by atoms with Crippen molar-refractivity contribution in [3.63, 3.8) is 0 Å². The van der Waals surface area contributed by atoms with E-state index >= 15 is 0 Å². The molecule has 35 heavy (non-hydrogen) atoms. The Bertz CT molecular complexity index is 824. The number of halogens is 2. The van der Waals surface area contributed by atoms with Gasteiger partial charge < -0.3 is 54.0 Å². The standard InChI is InChI=1S/C23H38N4O6.2ClH/c1-17-24-8-12-26(17)10-4-6-14-31-21-20(29)19(16-28)33-23(30-3)22(21)32-15-7-5-11-27-13-9-25-18(27)2;;/h8-9,12-13,19-23,28-29H,4-7,10-11,14-16H2,1-3H3;2*1H/t19-,20-,21+,22-,23+;;/m1../s1. The number of methoxy groups -OCH3 is 1. The van der Waals surface area contributed by atoms with Crippen LogP contribution in [-0.4, -0.2) is 77.8 Å². The molecular weight excluding hydrogens is 499 g/mol. The van der Waals surface area contributed by atoms with E-state index in [4.69, 9.17) is 18.9 Å². The van der Waals surface area contributed by atoms with E-state index in [9.17, 15) is 10.2 Å². The quantitative estimate of drug-likeness (QED) is 0.141. The van der Waals surface area contributed by atoms with Crippen LogP contribution >= 0.6 is 0 Å². The van der Waals surface area contributed by atoms with Gasteiger partial charge in [0, 0.05) is 34.2 Å². The number of hydrogen-bond acceptors (Lipinski definition) is 6. The average molecular weight is 540 g/mol. The van der Waals surface area contributed by atoms with Gasteiger partial charge in [0.05, 0.1) is 19.7 Å². The molecule has 3 rings (SSSR count). The van der Waals surface area contributed by atoms with Gasteiger partial charge in [0.2, 0.25) is 0 Å². The summed E-state index contributed by atoms with van der Waals surface area (Å²) >= 11 is 0. The van der Waals surface area contributed by atoms with Crippen molar-refractivity contribution in [2.75, 3.05) is 26.9 Å². The van der Waals surface area contributed by atoms with E-state index in [-0.39, 0.29) is 31.4 Å². The van der Waals surface area contributed by atoms with Gasteiger partial charge in [0.15, 0.2) is 6.29 Å². The summed E-state index contributed by atoms with van der Waals surface area (Å²) in [4.78, 5) is 6.33. The first-order valence-corrected chi connectivity index (χ1v) is 11.8. The van der Waals surface area contributed by atoms with Gasteiger partial charge >= 0.3 is 0 Å². The van der Waals surface area contributed by atoms with E-state index in [0.29, 0.717) is 13.2 Å². The summed E-state index contributed by atoms with van der Waals surface area (Å²) in [5.41, 5.74) is 0. The zero-order valence-corrected chi connectivity index (χ0v) is 22.2.